The minimum atomic E-state index is -0.422. The zero-order valence-electron chi connectivity index (χ0n) is 16.0. The SMILES string of the molecule is COC(=O)CC(=O)CCCC(C)CCCC(C)CCCC(C)C. The summed E-state index contributed by atoms with van der Waals surface area (Å²) in [6.45, 7) is 9.23. The minimum absolute atomic E-state index is 0.00262. The molecule has 23 heavy (non-hydrogen) atoms. The molecule has 0 aromatic carbocycles. The number of Topliss-reactive ketones (excluding diaryl/α,β-unsaturated/α-hetero) is 1. The average Bonchev–Trinajstić information content (AvgIpc) is 2.46. The third-order valence-electron chi connectivity index (χ3n) is 4.59. The van der Waals surface area contributed by atoms with Crippen LogP contribution in [0.3, 0.4) is 0 Å². The van der Waals surface area contributed by atoms with Gasteiger partial charge in [0, 0.05) is 6.42 Å². The van der Waals surface area contributed by atoms with E-state index in [1.54, 1.807) is 0 Å². The maximum absolute atomic E-state index is 11.5. The van der Waals surface area contributed by atoms with Gasteiger partial charge in [-0.3, -0.25) is 9.59 Å². The molecule has 2 unspecified atom stereocenters. The van der Waals surface area contributed by atoms with Crippen LogP contribution in [0.2, 0.25) is 0 Å². The van der Waals surface area contributed by atoms with Crippen LogP contribution in [-0.2, 0) is 14.3 Å². The minimum Gasteiger partial charge on any atom is -0.469 e. The van der Waals surface area contributed by atoms with E-state index in [0.29, 0.717) is 12.3 Å². The fourth-order valence-corrected chi connectivity index (χ4v) is 2.95. The zero-order chi connectivity index (χ0) is 17.7. The summed E-state index contributed by atoms with van der Waals surface area (Å²) in [5, 5.41) is 0. The molecule has 0 heterocycles. The maximum atomic E-state index is 11.5. The van der Waals surface area contributed by atoms with E-state index >= 15 is 0 Å². The summed E-state index contributed by atoms with van der Waals surface area (Å²) in [5.41, 5.74) is 0. The van der Waals surface area contributed by atoms with E-state index < -0.39 is 5.97 Å². The Kier molecular flexibility index (Phi) is 13.1. The van der Waals surface area contributed by atoms with Crippen molar-refractivity contribution in [2.45, 2.75) is 91.9 Å². The van der Waals surface area contributed by atoms with Gasteiger partial charge in [0.2, 0.25) is 0 Å². The van der Waals surface area contributed by atoms with Crippen LogP contribution in [0.25, 0.3) is 0 Å². The van der Waals surface area contributed by atoms with E-state index in [-0.39, 0.29) is 12.2 Å². The molecule has 0 amide bonds. The van der Waals surface area contributed by atoms with Gasteiger partial charge in [0.1, 0.15) is 12.2 Å². The number of rotatable bonds is 14. The van der Waals surface area contributed by atoms with Crippen LogP contribution < -0.4 is 0 Å². The fraction of sp³-hybridized carbons (Fsp3) is 0.900. The smallest absolute Gasteiger partial charge is 0.313 e. The average molecular weight is 327 g/mol. The Hall–Kier alpha value is -0.860. The summed E-state index contributed by atoms with van der Waals surface area (Å²) in [6.07, 6.45) is 10.3. The van der Waals surface area contributed by atoms with Crippen molar-refractivity contribution in [1.82, 2.24) is 0 Å². The van der Waals surface area contributed by atoms with Gasteiger partial charge in [-0.1, -0.05) is 72.6 Å². The Balaban J connectivity index is 3.58. The topological polar surface area (TPSA) is 43.4 Å². The van der Waals surface area contributed by atoms with Crippen LogP contribution in [0.4, 0.5) is 0 Å². The van der Waals surface area contributed by atoms with Gasteiger partial charge in [0.05, 0.1) is 7.11 Å². The van der Waals surface area contributed by atoms with Crippen molar-refractivity contribution < 1.29 is 14.3 Å². The lowest BCUT2D eigenvalue weighted by molar-refractivity contribution is -0.143. The van der Waals surface area contributed by atoms with Gasteiger partial charge in [0.15, 0.2) is 0 Å². The molecule has 0 rings (SSSR count). The lowest BCUT2D eigenvalue weighted by Gasteiger charge is -2.15. The largest absolute Gasteiger partial charge is 0.469 e. The predicted molar refractivity (Wildman–Crippen MR) is 96.4 cm³/mol. The highest BCUT2D eigenvalue weighted by atomic mass is 16.5. The van der Waals surface area contributed by atoms with Gasteiger partial charge in [0.25, 0.3) is 0 Å². The molecule has 0 radical (unpaired) electrons. The number of carbonyl (C=O) groups is 2. The summed E-state index contributed by atoms with van der Waals surface area (Å²) >= 11 is 0. The van der Waals surface area contributed by atoms with Crippen molar-refractivity contribution in [3.63, 3.8) is 0 Å². The monoisotopic (exact) mass is 326 g/mol. The number of methoxy groups -OCH3 is 1. The van der Waals surface area contributed by atoms with Crippen molar-refractivity contribution in [3.8, 4) is 0 Å². The third-order valence-corrected chi connectivity index (χ3v) is 4.59. The maximum Gasteiger partial charge on any atom is 0.313 e. The second kappa shape index (κ2) is 13.6. The van der Waals surface area contributed by atoms with Gasteiger partial charge >= 0.3 is 5.97 Å². The number of hydrogen-bond donors (Lipinski definition) is 0. The van der Waals surface area contributed by atoms with Crippen molar-refractivity contribution in [1.29, 1.82) is 0 Å². The van der Waals surface area contributed by atoms with Crippen molar-refractivity contribution in [2.75, 3.05) is 7.11 Å². The number of hydrogen-bond acceptors (Lipinski definition) is 3. The van der Waals surface area contributed by atoms with Crippen LogP contribution in [0.5, 0.6) is 0 Å². The highest BCUT2D eigenvalue weighted by molar-refractivity contribution is 5.95. The molecular weight excluding hydrogens is 288 g/mol. The first-order valence-electron chi connectivity index (χ1n) is 9.43. The first kappa shape index (κ1) is 22.1. The second-order valence-electron chi connectivity index (χ2n) is 7.65. The lowest BCUT2D eigenvalue weighted by Crippen LogP contribution is -2.09. The molecule has 0 fully saturated rings. The Bertz CT molecular complexity index is 323. The highest BCUT2D eigenvalue weighted by Gasteiger charge is 2.11. The van der Waals surface area contributed by atoms with E-state index in [2.05, 4.69) is 32.4 Å². The van der Waals surface area contributed by atoms with Crippen molar-refractivity contribution in [3.05, 3.63) is 0 Å². The number of ether oxygens (including phenoxy) is 1. The molecule has 0 aliphatic rings. The van der Waals surface area contributed by atoms with Crippen LogP contribution >= 0.6 is 0 Å². The molecule has 0 aliphatic heterocycles. The molecule has 136 valence electrons. The first-order valence-corrected chi connectivity index (χ1v) is 9.43. The van der Waals surface area contributed by atoms with Crippen LogP contribution in [-0.4, -0.2) is 18.9 Å². The Morgan fingerprint density at radius 2 is 1.26 bits per heavy atom. The summed E-state index contributed by atoms with van der Waals surface area (Å²) in [4.78, 5) is 22.5. The third kappa shape index (κ3) is 14.5. The van der Waals surface area contributed by atoms with Crippen molar-refractivity contribution in [2.24, 2.45) is 17.8 Å². The molecule has 0 spiro atoms. The molecule has 0 bridgehead atoms. The quantitative estimate of drug-likeness (QED) is 0.310. The van der Waals surface area contributed by atoms with Gasteiger partial charge in [-0.15, -0.1) is 0 Å². The van der Waals surface area contributed by atoms with Crippen molar-refractivity contribution >= 4 is 11.8 Å². The molecule has 0 aromatic heterocycles. The molecule has 3 nitrogen and oxygen atoms in total. The summed E-state index contributed by atoms with van der Waals surface area (Å²) < 4.78 is 4.50. The van der Waals surface area contributed by atoms with E-state index in [1.807, 2.05) is 0 Å². The van der Waals surface area contributed by atoms with E-state index in [1.165, 1.54) is 45.6 Å². The van der Waals surface area contributed by atoms with E-state index in [9.17, 15) is 9.59 Å². The Morgan fingerprint density at radius 1 is 0.783 bits per heavy atom. The van der Waals surface area contributed by atoms with Crippen LogP contribution in [0, 0.1) is 17.8 Å². The normalized spacial score (nSPS) is 13.8. The summed E-state index contributed by atoms with van der Waals surface area (Å²) in [7, 11) is 1.32. The molecule has 0 N–H and O–H groups in total. The number of esters is 1. The van der Waals surface area contributed by atoms with E-state index in [0.717, 1.165) is 24.7 Å². The van der Waals surface area contributed by atoms with Crippen LogP contribution in [0.15, 0.2) is 0 Å². The fourth-order valence-electron chi connectivity index (χ4n) is 2.95. The van der Waals surface area contributed by atoms with Crippen LogP contribution in [0.1, 0.15) is 91.9 Å². The molecule has 3 heteroatoms. The Labute approximate surface area is 143 Å². The van der Waals surface area contributed by atoms with Gasteiger partial charge in [-0.2, -0.15) is 0 Å². The number of ketones is 1. The molecule has 0 saturated heterocycles. The summed E-state index contributed by atoms with van der Waals surface area (Å²) in [5.74, 6) is 1.91. The Morgan fingerprint density at radius 3 is 1.74 bits per heavy atom. The summed E-state index contributed by atoms with van der Waals surface area (Å²) in [6, 6.07) is 0. The molecule has 2 atom stereocenters. The molecular formula is C20H38O3. The predicted octanol–water partition coefficient (Wildman–Crippen LogP) is 5.56. The molecule has 0 aromatic rings. The van der Waals surface area contributed by atoms with E-state index in [4.69, 9.17) is 0 Å². The molecule has 0 aliphatic carbocycles. The van der Waals surface area contributed by atoms with Gasteiger partial charge in [-0.25, -0.2) is 0 Å². The van der Waals surface area contributed by atoms with Gasteiger partial charge in [-0.05, 0) is 24.2 Å². The van der Waals surface area contributed by atoms with Gasteiger partial charge < -0.3 is 4.74 Å². The first-order chi connectivity index (χ1) is 10.8. The second-order valence-corrected chi connectivity index (χ2v) is 7.65. The number of carbonyl (C=O) groups excluding carboxylic acids is 2. The lowest BCUT2D eigenvalue weighted by atomic mass is 9.91. The molecule has 0 saturated carbocycles. The zero-order valence-corrected chi connectivity index (χ0v) is 16.0. The highest BCUT2D eigenvalue weighted by Crippen LogP contribution is 2.21. The standard InChI is InChI=1S/C20H38O3/c1-16(2)9-6-10-17(3)11-7-12-18(4)13-8-14-19(21)15-20(22)23-5/h16-18H,6-15H2,1-5H3.